The molecule has 0 radical (unpaired) electrons. The number of halogens is 1. The summed E-state index contributed by atoms with van der Waals surface area (Å²) >= 11 is 2.26. The molecule has 2 unspecified atom stereocenters. The van der Waals surface area contributed by atoms with Crippen LogP contribution in [0.4, 0.5) is 0 Å². The average molecular weight is 352 g/mol. The molecule has 0 saturated heterocycles. The molecule has 0 aromatic heterocycles. The minimum Gasteiger partial charge on any atom is -0.353 e. The highest BCUT2D eigenvalue weighted by Gasteiger charge is 2.45. The van der Waals surface area contributed by atoms with Crippen LogP contribution in [0.1, 0.15) is 47.0 Å². The number of hydrogen-bond donors (Lipinski definition) is 0. The van der Waals surface area contributed by atoms with Gasteiger partial charge in [-0.3, -0.25) is 0 Å². The van der Waals surface area contributed by atoms with Crippen LogP contribution in [0.3, 0.4) is 0 Å². The van der Waals surface area contributed by atoms with Crippen LogP contribution in [-0.2, 0) is 9.47 Å². The molecule has 0 N–H and O–H groups in total. The maximum Gasteiger partial charge on any atom is 0.155 e. The zero-order valence-electron chi connectivity index (χ0n) is 11.4. The van der Waals surface area contributed by atoms with Crippen molar-refractivity contribution in [3.63, 3.8) is 0 Å². The Bertz CT molecular complexity index is 247. The lowest BCUT2D eigenvalue weighted by Crippen LogP contribution is -2.45. The van der Waals surface area contributed by atoms with Gasteiger partial charge in [-0.05, 0) is 48.2 Å². The molecule has 2 nitrogen and oxygen atoms in total. The van der Waals surface area contributed by atoms with E-state index in [0.29, 0.717) is 12.0 Å². The summed E-state index contributed by atoms with van der Waals surface area (Å²) in [4.78, 5) is 0. The van der Waals surface area contributed by atoms with Gasteiger partial charge in [-0.25, -0.2) is 0 Å². The average Bonchev–Trinajstić information content (AvgIpc) is 2.24. The second kappa shape index (κ2) is 7.10. The monoisotopic (exact) mass is 352 g/mol. The minimum atomic E-state index is -0.116. The van der Waals surface area contributed by atoms with Gasteiger partial charge in [0.05, 0.1) is 6.10 Å². The number of hydrogen-bond acceptors (Lipinski definition) is 2. The summed E-state index contributed by atoms with van der Waals surface area (Å²) in [7, 11) is 0. The van der Waals surface area contributed by atoms with Gasteiger partial charge in [0.25, 0.3) is 0 Å². The van der Waals surface area contributed by atoms with Crippen LogP contribution >= 0.6 is 22.6 Å². The number of ether oxygens (including phenoxy) is 2. The van der Waals surface area contributed by atoms with Gasteiger partial charge in [0.2, 0.25) is 0 Å². The molecule has 0 aliphatic heterocycles. The summed E-state index contributed by atoms with van der Waals surface area (Å²) in [6.45, 7) is 9.30. The maximum absolute atomic E-state index is 6.02. The molecule has 0 amide bonds. The summed E-state index contributed by atoms with van der Waals surface area (Å²) in [6.07, 6.45) is 6.07. The molecule has 17 heavy (non-hydrogen) atoms. The largest absolute Gasteiger partial charge is 0.353 e. The molecular formula is C14H25IO2. The molecule has 0 heterocycles. The Morgan fingerprint density at radius 2 is 2.06 bits per heavy atom. The molecule has 0 spiro atoms. The highest BCUT2D eigenvalue weighted by atomic mass is 127. The lowest BCUT2D eigenvalue weighted by Gasteiger charge is -2.49. The van der Waals surface area contributed by atoms with E-state index >= 15 is 0 Å². The summed E-state index contributed by atoms with van der Waals surface area (Å²) < 4.78 is 13.6. The molecule has 3 heteroatoms. The Kier molecular flexibility index (Phi) is 6.45. The first-order chi connectivity index (χ1) is 8.05. The van der Waals surface area contributed by atoms with Crippen LogP contribution in [0.2, 0.25) is 0 Å². The van der Waals surface area contributed by atoms with Crippen molar-refractivity contribution in [3.05, 3.63) is 10.2 Å². The number of rotatable bonds is 7. The van der Waals surface area contributed by atoms with Gasteiger partial charge in [0.1, 0.15) is 0 Å². The van der Waals surface area contributed by atoms with E-state index in [-0.39, 0.29) is 12.4 Å². The lowest BCUT2D eigenvalue weighted by molar-refractivity contribution is -0.188. The van der Waals surface area contributed by atoms with E-state index in [4.69, 9.17) is 9.47 Å². The molecular weight excluding hydrogens is 327 g/mol. The summed E-state index contributed by atoms with van der Waals surface area (Å²) in [5, 5.41) is 0. The Balaban J connectivity index is 2.54. The first kappa shape index (κ1) is 15.4. The van der Waals surface area contributed by atoms with Crippen LogP contribution in [0.5, 0.6) is 0 Å². The van der Waals surface area contributed by atoms with Gasteiger partial charge >= 0.3 is 0 Å². The third kappa shape index (κ3) is 4.21. The first-order valence-corrected chi connectivity index (χ1v) is 7.84. The fourth-order valence-electron chi connectivity index (χ4n) is 2.77. The first-order valence-electron chi connectivity index (χ1n) is 6.59. The van der Waals surface area contributed by atoms with E-state index in [0.717, 1.165) is 5.92 Å². The van der Waals surface area contributed by atoms with E-state index in [1.807, 2.05) is 13.8 Å². The smallest absolute Gasteiger partial charge is 0.155 e. The highest BCUT2D eigenvalue weighted by Crippen LogP contribution is 2.50. The second-order valence-corrected chi connectivity index (χ2v) is 5.95. The standard InChI is InChI=1S/C14H25IO2/c1-5-12-9-14(4,10-12)13(7-8-15)17-11(3)16-6-2/h7-8,11-13H,5-6,9-10H2,1-4H3/b8-7+. The fraction of sp³-hybridized carbons (Fsp3) is 0.857. The van der Waals surface area contributed by atoms with E-state index in [1.54, 1.807) is 0 Å². The quantitative estimate of drug-likeness (QED) is 0.495. The minimum absolute atomic E-state index is 0.116. The van der Waals surface area contributed by atoms with Crippen molar-refractivity contribution in [1.82, 2.24) is 0 Å². The van der Waals surface area contributed by atoms with Crippen molar-refractivity contribution in [2.75, 3.05) is 6.61 Å². The van der Waals surface area contributed by atoms with Gasteiger partial charge in [0, 0.05) is 6.61 Å². The molecule has 0 bridgehead atoms. The van der Waals surface area contributed by atoms with Crippen LogP contribution in [-0.4, -0.2) is 19.0 Å². The summed E-state index contributed by atoms with van der Waals surface area (Å²) in [6, 6.07) is 0. The van der Waals surface area contributed by atoms with E-state index in [1.165, 1.54) is 19.3 Å². The van der Waals surface area contributed by atoms with Gasteiger partial charge in [0.15, 0.2) is 6.29 Å². The van der Waals surface area contributed by atoms with Crippen LogP contribution < -0.4 is 0 Å². The molecule has 0 aromatic rings. The van der Waals surface area contributed by atoms with Crippen molar-refractivity contribution >= 4 is 22.6 Å². The van der Waals surface area contributed by atoms with Crippen molar-refractivity contribution in [2.45, 2.75) is 59.4 Å². The Hall–Kier alpha value is 0.390. The fourth-order valence-corrected chi connectivity index (χ4v) is 3.15. The zero-order valence-corrected chi connectivity index (χ0v) is 13.6. The van der Waals surface area contributed by atoms with Gasteiger partial charge in [-0.15, -0.1) is 0 Å². The lowest BCUT2D eigenvalue weighted by atomic mass is 9.59. The van der Waals surface area contributed by atoms with Crippen molar-refractivity contribution in [1.29, 1.82) is 0 Å². The van der Waals surface area contributed by atoms with E-state index < -0.39 is 0 Å². The second-order valence-electron chi connectivity index (χ2n) is 5.23. The van der Waals surface area contributed by atoms with Crippen molar-refractivity contribution < 1.29 is 9.47 Å². The third-order valence-electron chi connectivity index (χ3n) is 3.76. The molecule has 1 aliphatic rings. The van der Waals surface area contributed by atoms with Gasteiger partial charge < -0.3 is 9.47 Å². The molecule has 1 saturated carbocycles. The Labute approximate surface area is 119 Å². The normalized spacial score (nSPS) is 32.4. The van der Waals surface area contributed by atoms with E-state index in [2.05, 4.69) is 46.6 Å². The van der Waals surface area contributed by atoms with E-state index in [9.17, 15) is 0 Å². The zero-order chi connectivity index (χ0) is 12.9. The third-order valence-corrected chi connectivity index (χ3v) is 4.18. The Morgan fingerprint density at radius 3 is 2.53 bits per heavy atom. The molecule has 2 atom stereocenters. The molecule has 1 aliphatic carbocycles. The SMILES string of the molecule is CCOC(C)OC(/C=C/I)C1(C)CC(CC)C1. The van der Waals surface area contributed by atoms with Crippen LogP contribution in [0.15, 0.2) is 10.2 Å². The van der Waals surface area contributed by atoms with Crippen molar-refractivity contribution in [2.24, 2.45) is 11.3 Å². The molecule has 100 valence electrons. The topological polar surface area (TPSA) is 18.5 Å². The molecule has 1 fully saturated rings. The molecule has 0 aromatic carbocycles. The maximum atomic E-state index is 6.02. The highest BCUT2D eigenvalue weighted by molar-refractivity contribution is 14.1. The summed E-state index contributed by atoms with van der Waals surface area (Å²) in [5.41, 5.74) is 0.299. The Morgan fingerprint density at radius 1 is 1.41 bits per heavy atom. The van der Waals surface area contributed by atoms with Gasteiger partial charge in [-0.2, -0.15) is 0 Å². The predicted molar refractivity (Wildman–Crippen MR) is 80.2 cm³/mol. The molecule has 1 rings (SSSR count). The van der Waals surface area contributed by atoms with Crippen LogP contribution in [0, 0.1) is 11.3 Å². The van der Waals surface area contributed by atoms with Gasteiger partial charge in [-0.1, -0.05) is 42.9 Å². The van der Waals surface area contributed by atoms with Crippen LogP contribution in [0.25, 0.3) is 0 Å². The summed E-state index contributed by atoms with van der Waals surface area (Å²) in [5.74, 6) is 0.885. The van der Waals surface area contributed by atoms with Crippen molar-refractivity contribution in [3.8, 4) is 0 Å². The predicted octanol–water partition coefficient (Wildman–Crippen LogP) is 4.53.